The van der Waals surface area contributed by atoms with E-state index < -0.39 is 22.3 Å². The number of nitro benzene ring substituents is 1. The normalized spacial score (nSPS) is 10.2. The van der Waals surface area contributed by atoms with Crippen molar-refractivity contribution in [1.82, 2.24) is 0 Å². The van der Waals surface area contributed by atoms with Gasteiger partial charge in [0.1, 0.15) is 11.4 Å². The number of hydrogen-bond acceptors (Lipinski definition) is 6. The average Bonchev–Trinajstić information content (AvgIpc) is 2.61. The smallest absolute Gasteiger partial charge is 0.327 e. The Labute approximate surface area is 148 Å². The first-order valence-corrected chi connectivity index (χ1v) is 7.38. The van der Waals surface area contributed by atoms with E-state index in [-0.39, 0.29) is 28.5 Å². The molecule has 0 radical (unpaired) electrons. The molecule has 26 heavy (non-hydrogen) atoms. The number of halogens is 1. The van der Waals surface area contributed by atoms with Crippen LogP contribution in [0.25, 0.3) is 0 Å². The molecule has 2 rings (SSSR count). The zero-order chi connectivity index (χ0) is 19.4. The maximum Gasteiger partial charge on any atom is 0.327 e. The van der Waals surface area contributed by atoms with Gasteiger partial charge in [-0.3, -0.25) is 14.9 Å². The van der Waals surface area contributed by atoms with Crippen LogP contribution < -0.4 is 19.5 Å². The first kappa shape index (κ1) is 19.0. The Kier molecular flexibility index (Phi) is 5.61. The first-order valence-electron chi connectivity index (χ1n) is 7.38. The summed E-state index contributed by atoms with van der Waals surface area (Å²) in [7, 11) is 3.79. The number of nitro groups is 1. The Bertz CT molecular complexity index is 869. The second-order valence-electron chi connectivity index (χ2n) is 5.24. The molecule has 1 amide bonds. The van der Waals surface area contributed by atoms with E-state index in [0.29, 0.717) is 5.56 Å². The highest BCUT2D eigenvalue weighted by molar-refractivity contribution is 6.08. The molecular formula is C17H17FN2O6. The zero-order valence-corrected chi connectivity index (χ0v) is 14.6. The Morgan fingerprint density at radius 3 is 2.27 bits per heavy atom. The van der Waals surface area contributed by atoms with Crippen LogP contribution in [0.15, 0.2) is 24.3 Å². The lowest BCUT2D eigenvalue weighted by atomic mass is 10.1. The summed E-state index contributed by atoms with van der Waals surface area (Å²) in [5.41, 5.74) is -0.414. The number of amides is 1. The molecule has 0 fully saturated rings. The molecule has 0 bridgehead atoms. The summed E-state index contributed by atoms with van der Waals surface area (Å²) in [5, 5.41) is 13.8. The molecule has 0 aromatic heterocycles. The fourth-order valence-corrected chi connectivity index (χ4v) is 2.41. The van der Waals surface area contributed by atoms with Gasteiger partial charge in [0.25, 0.3) is 5.91 Å². The lowest BCUT2D eigenvalue weighted by molar-refractivity contribution is -0.386. The molecule has 0 aliphatic heterocycles. The molecule has 2 aromatic carbocycles. The van der Waals surface area contributed by atoms with Crippen molar-refractivity contribution in [3.8, 4) is 17.2 Å². The zero-order valence-electron chi connectivity index (χ0n) is 14.6. The number of nitrogens with one attached hydrogen (secondary N) is 1. The van der Waals surface area contributed by atoms with E-state index in [9.17, 15) is 19.3 Å². The number of benzene rings is 2. The summed E-state index contributed by atoms with van der Waals surface area (Å²) in [6.07, 6.45) is 0. The van der Waals surface area contributed by atoms with E-state index in [1.165, 1.54) is 33.5 Å². The topological polar surface area (TPSA) is 99.9 Å². The van der Waals surface area contributed by atoms with Gasteiger partial charge in [-0.25, -0.2) is 4.39 Å². The number of nitrogens with zero attached hydrogens (tertiary/aromatic N) is 1. The first-order chi connectivity index (χ1) is 12.3. The predicted octanol–water partition coefficient (Wildman–Crippen LogP) is 3.32. The van der Waals surface area contributed by atoms with Gasteiger partial charge in [-0.2, -0.15) is 0 Å². The van der Waals surface area contributed by atoms with Crippen LogP contribution in [0.4, 0.5) is 15.8 Å². The molecule has 9 heteroatoms. The third-order valence-electron chi connectivity index (χ3n) is 3.60. The molecular weight excluding hydrogens is 347 g/mol. The largest absolute Gasteiger partial charge is 0.493 e. The fourth-order valence-electron chi connectivity index (χ4n) is 2.41. The molecule has 0 atom stereocenters. The second kappa shape index (κ2) is 7.68. The summed E-state index contributed by atoms with van der Waals surface area (Å²) in [4.78, 5) is 23.3. The number of rotatable bonds is 6. The third-order valence-corrected chi connectivity index (χ3v) is 3.60. The molecule has 0 saturated carbocycles. The van der Waals surface area contributed by atoms with Crippen LogP contribution in [0.1, 0.15) is 15.9 Å². The number of hydrogen-bond donors (Lipinski definition) is 1. The molecule has 138 valence electrons. The van der Waals surface area contributed by atoms with Gasteiger partial charge in [0.05, 0.1) is 31.9 Å². The van der Waals surface area contributed by atoms with Crippen molar-refractivity contribution in [2.75, 3.05) is 26.6 Å². The summed E-state index contributed by atoms with van der Waals surface area (Å²) in [5.74, 6) is -1.79. The van der Waals surface area contributed by atoms with E-state index in [1.54, 1.807) is 13.0 Å². The van der Waals surface area contributed by atoms with E-state index >= 15 is 0 Å². The van der Waals surface area contributed by atoms with Crippen LogP contribution in [0.2, 0.25) is 0 Å². The van der Waals surface area contributed by atoms with Crippen LogP contribution in [-0.2, 0) is 0 Å². The van der Waals surface area contributed by atoms with Crippen LogP contribution >= 0.6 is 0 Å². The van der Waals surface area contributed by atoms with Gasteiger partial charge in [0.2, 0.25) is 11.5 Å². The molecule has 0 saturated heterocycles. The summed E-state index contributed by atoms with van der Waals surface area (Å²) < 4.78 is 29.2. The molecule has 0 spiro atoms. The van der Waals surface area contributed by atoms with Crippen molar-refractivity contribution >= 4 is 17.3 Å². The number of methoxy groups -OCH3 is 3. The number of aryl methyl sites for hydroxylation is 1. The number of carbonyl (C=O) groups excluding carboxylic acids is 1. The van der Waals surface area contributed by atoms with E-state index in [2.05, 4.69) is 5.32 Å². The van der Waals surface area contributed by atoms with Crippen molar-refractivity contribution in [2.45, 2.75) is 6.92 Å². The van der Waals surface area contributed by atoms with Gasteiger partial charge in [0, 0.05) is 6.07 Å². The predicted molar refractivity (Wildman–Crippen MR) is 91.8 cm³/mol. The Morgan fingerprint density at radius 1 is 1.12 bits per heavy atom. The van der Waals surface area contributed by atoms with Crippen molar-refractivity contribution in [1.29, 1.82) is 0 Å². The number of anilines is 1. The second-order valence-corrected chi connectivity index (χ2v) is 5.24. The standard InChI is InChI=1S/C17H17FN2O6/c1-9-5-6-12(11(18)7-9)19-17(21)10-8-13(24-2)15(25-3)16(26-4)14(10)20(22)23/h5-8H,1-4H3,(H,19,21). The maximum absolute atomic E-state index is 14.0. The average molecular weight is 364 g/mol. The fraction of sp³-hybridized carbons (Fsp3) is 0.235. The lowest BCUT2D eigenvalue weighted by Gasteiger charge is -2.15. The van der Waals surface area contributed by atoms with Gasteiger partial charge < -0.3 is 19.5 Å². The molecule has 2 aromatic rings. The number of carbonyl (C=O) groups is 1. The molecule has 0 heterocycles. The van der Waals surface area contributed by atoms with E-state index in [0.717, 1.165) is 6.07 Å². The van der Waals surface area contributed by atoms with Crippen molar-refractivity contribution in [3.05, 3.63) is 51.3 Å². The van der Waals surface area contributed by atoms with Crippen molar-refractivity contribution in [3.63, 3.8) is 0 Å². The Morgan fingerprint density at radius 2 is 1.77 bits per heavy atom. The van der Waals surface area contributed by atoms with Crippen LogP contribution in [0.3, 0.4) is 0 Å². The quantitative estimate of drug-likeness (QED) is 0.623. The van der Waals surface area contributed by atoms with Gasteiger partial charge in [-0.15, -0.1) is 0 Å². The Hall–Kier alpha value is -3.36. The van der Waals surface area contributed by atoms with Gasteiger partial charge >= 0.3 is 5.69 Å². The molecule has 0 aliphatic rings. The minimum absolute atomic E-state index is 0.0280. The van der Waals surface area contributed by atoms with Crippen LogP contribution in [0, 0.1) is 22.9 Å². The van der Waals surface area contributed by atoms with E-state index in [1.807, 2.05) is 0 Å². The number of ether oxygens (including phenoxy) is 3. The third kappa shape index (κ3) is 3.51. The highest BCUT2D eigenvalue weighted by atomic mass is 19.1. The molecule has 0 unspecified atom stereocenters. The van der Waals surface area contributed by atoms with E-state index in [4.69, 9.17) is 14.2 Å². The molecule has 0 aliphatic carbocycles. The van der Waals surface area contributed by atoms with Crippen LogP contribution in [0.5, 0.6) is 17.2 Å². The summed E-state index contributed by atoms with van der Waals surface area (Å²) in [6, 6.07) is 5.34. The van der Waals surface area contributed by atoms with Crippen molar-refractivity contribution in [2.24, 2.45) is 0 Å². The van der Waals surface area contributed by atoms with Gasteiger partial charge in [0.15, 0.2) is 5.75 Å². The summed E-state index contributed by atoms with van der Waals surface area (Å²) in [6.45, 7) is 1.69. The highest BCUT2D eigenvalue weighted by Crippen LogP contribution is 2.46. The SMILES string of the molecule is COc1cc(C(=O)Nc2ccc(C)cc2F)c([N+](=O)[O-])c(OC)c1OC. The van der Waals surface area contributed by atoms with Gasteiger partial charge in [-0.1, -0.05) is 6.07 Å². The highest BCUT2D eigenvalue weighted by Gasteiger charge is 2.32. The molecule has 8 nitrogen and oxygen atoms in total. The minimum atomic E-state index is -0.890. The summed E-state index contributed by atoms with van der Waals surface area (Å²) >= 11 is 0. The monoisotopic (exact) mass is 364 g/mol. The van der Waals surface area contributed by atoms with Gasteiger partial charge in [-0.05, 0) is 24.6 Å². The maximum atomic E-state index is 14.0. The van der Waals surface area contributed by atoms with Crippen molar-refractivity contribution < 1.29 is 28.3 Å². The minimum Gasteiger partial charge on any atom is -0.493 e. The Balaban J connectivity index is 2.59. The lowest BCUT2D eigenvalue weighted by Crippen LogP contribution is -2.16. The van der Waals surface area contributed by atoms with Crippen LogP contribution in [-0.4, -0.2) is 32.2 Å². The molecule has 1 N–H and O–H groups in total.